The zero-order chi connectivity index (χ0) is 35.1. The molecule has 0 amide bonds. The van der Waals surface area contributed by atoms with E-state index in [1.54, 1.807) is 0 Å². The first-order valence-electron chi connectivity index (χ1n) is 17.2. The van der Waals surface area contributed by atoms with Gasteiger partial charge in [-0.1, -0.05) is 186 Å². The molecule has 0 aliphatic heterocycles. The van der Waals surface area contributed by atoms with Gasteiger partial charge in [-0.05, 0) is 102 Å². The van der Waals surface area contributed by atoms with Crippen LogP contribution in [-0.2, 0) is 5.41 Å². The van der Waals surface area contributed by atoms with E-state index in [1.807, 2.05) is 53.7 Å². The molecule has 0 aromatic heterocycles. The molecule has 0 bridgehead atoms. The molecule has 1 aliphatic carbocycles. The van der Waals surface area contributed by atoms with Gasteiger partial charge in [0.2, 0.25) is 0 Å². The molecular formula is C47H68. The van der Waals surface area contributed by atoms with Gasteiger partial charge in [0.15, 0.2) is 0 Å². The predicted molar refractivity (Wildman–Crippen MR) is 218 cm³/mol. The lowest BCUT2D eigenvalue weighted by molar-refractivity contribution is 0.556. The number of aryl methyl sites for hydroxylation is 6. The number of hydrogen-bond donors (Lipinski definition) is 0. The first-order chi connectivity index (χ1) is 22.0. The summed E-state index contributed by atoms with van der Waals surface area (Å²) < 4.78 is 0. The van der Waals surface area contributed by atoms with Gasteiger partial charge in [-0.15, -0.1) is 0 Å². The Morgan fingerprint density at radius 1 is 0.532 bits per heavy atom. The lowest BCUT2D eigenvalue weighted by atomic mass is 9.70. The van der Waals surface area contributed by atoms with Crippen LogP contribution in [0.25, 0.3) is 11.1 Å². The van der Waals surface area contributed by atoms with E-state index < -0.39 is 0 Å². The topological polar surface area (TPSA) is 0 Å². The number of benzene rings is 4. The van der Waals surface area contributed by atoms with Crippen molar-refractivity contribution < 1.29 is 0 Å². The maximum atomic E-state index is 2.34. The minimum absolute atomic E-state index is 0. The van der Waals surface area contributed by atoms with E-state index in [0.717, 1.165) is 6.42 Å². The lowest BCUT2D eigenvalue weighted by Crippen LogP contribution is -2.25. The van der Waals surface area contributed by atoms with Crippen LogP contribution in [0.15, 0.2) is 127 Å². The first-order valence-corrected chi connectivity index (χ1v) is 17.2. The van der Waals surface area contributed by atoms with E-state index in [4.69, 9.17) is 0 Å². The van der Waals surface area contributed by atoms with E-state index in [2.05, 4.69) is 165 Å². The highest BCUT2D eigenvalue weighted by atomic mass is 14.3. The molecule has 0 heteroatoms. The molecule has 4 aromatic rings. The molecule has 256 valence electrons. The maximum Gasteiger partial charge on any atom is 0.0171 e. The van der Waals surface area contributed by atoms with Crippen LogP contribution in [0, 0.1) is 41.5 Å². The average Bonchev–Trinajstić information content (AvgIpc) is 3.05. The normalized spacial score (nSPS) is 14.0. The smallest absolute Gasteiger partial charge is 0.0171 e. The molecule has 1 aliphatic rings. The zero-order valence-corrected chi connectivity index (χ0v) is 31.8. The fourth-order valence-corrected chi connectivity index (χ4v) is 5.33. The summed E-state index contributed by atoms with van der Waals surface area (Å²) >= 11 is 0. The lowest BCUT2D eigenvalue weighted by Gasteiger charge is -2.33. The molecule has 0 saturated heterocycles. The summed E-state index contributed by atoms with van der Waals surface area (Å²) in [4.78, 5) is 0. The number of rotatable bonds is 2. The van der Waals surface area contributed by atoms with E-state index in [1.165, 1.54) is 55.6 Å². The fraction of sp³-hybridized carbons (Fsp3) is 0.362. The van der Waals surface area contributed by atoms with Gasteiger partial charge in [-0.3, -0.25) is 0 Å². The molecule has 0 N–H and O–H groups in total. The SMILES string of the molecule is C.C/C=C\C.CC.CC.CC1=CC=CCC1(C)c1ccccc1C.Cc1cc(C)cc(C)c1.Cc1ccccc1-c1ccccc1C. The van der Waals surface area contributed by atoms with Gasteiger partial charge in [0, 0.05) is 5.41 Å². The molecule has 1 unspecified atom stereocenters. The molecular weight excluding hydrogens is 565 g/mol. The summed E-state index contributed by atoms with van der Waals surface area (Å²) in [7, 11) is 0. The summed E-state index contributed by atoms with van der Waals surface area (Å²) in [5.41, 5.74) is 13.9. The van der Waals surface area contributed by atoms with Gasteiger partial charge >= 0.3 is 0 Å². The van der Waals surface area contributed by atoms with Crippen molar-refractivity contribution in [1.29, 1.82) is 0 Å². The van der Waals surface area contributed by atoms with Gasteiger partial charge in [0.25, 0.3) is 0 Å². The van der Waals surface area contributed by atoms with Gasteiger partial charge < -0.3 is 0 Å². The Labute approximate surface area is 292 Å². The van der Waals surface area contributed by atoms with Crippen LogP contribution in [0.1, 0.15) is 108 Å². The first kappa shape index (κ1) is 45.2. The summed E-state index contributed by atoms with van der Waals surface area (Å²) in [5.74, 6) is 0. The van der Waals surface area contributed by atoms with Gasteiger partial charge in [0.1, 0.15) is 0 Å². The van der Waals surface area contributed by atoms with Crippen molar-refractivity contribution in [3.63, 3.8) is 0 Å². The van der Waals surface area contributed by atoms with Crippen molar-refractivity contribution >= 4 is 0 Å². The van der Waals surface area contributed by atoms with E-state index in [9.17, 15) is 0 Å². The minimum Gasteiger partial charge on any atom is -0.0919 e. The quantitative estimate of drug-likeness (QED) is 0.193. The summed E-state index contributed by atoms with van der Waals surface area (Å²) in [6.45, 7) is 29.5. The Morgan fingerprint density at radius 3 is 1.23 bits per heavy atom. The second-order valence-electron chi connectivity index (χ2n) is 11.6. The van der Waals surface area contributed by atoms with Crippen LogP contribution in [-0.4, -0.2) is 0 Å². The molecule has 4 aromatic carbocycles. The number of hydrogen-bond acceptors (Lipinski definition) is 0. The zero-order valence-electron chi connectivity index (χ0n) is 31.8. The standard InChI is InChI=1S/C15H18.C14H14.C9H12.C4H8.2C2H6.CH4/c1-12-8-4-5-10-14(12)15(3)11-7-6-9-13(15)2;1-11-7-3-5-9-13(11)14-10-6-4-8-12(14)2;1-7-4-8(2)6-9(3)5-7;1-3-4-2;2*1-2;/h4-10H,11H2,1-3H3;3-10H,1-2H3;4-6H,1-3H3;3-4H,1-2H3;2*1-2H3;1H4/b;;;4-3-;;;. The Bertz CT molecular complexity index is 1400. The van der Waals surface area contributed by atoms with Crippen LogP contribution >= 0.6 is 0 Å². The van der Waals surface area contributed by atoms with Crippen molar-refractivity contribution in [1.82, 2.24) is 0 Å². The molecule has 0 spiro atoms. The summed E-state index contributed by atoms with van der Waals surface area (Å²) in [5, 5.41) is 0. The molecule has 5 rings (SSSR count). The molecule has 1 atom stereocenters. The third kappa shape index (κ3) is 15.5. The van der Waals surface area contributed by atoms with Gasteiger partial charge in [-0.25, -0.2) is 0 Å². The number of allylic oxidation sites excluding steroid dienone is 6. The largest absolute Gasteiger partial charge is 0.0919 e. The van der Waals surface area contributed by atoms with E-state index in [0.29, 0.717) is 0 Å². The van der Waals surface area contributed by atoms with Crippen molar-refractivity contribution in [2.75, 3.05) is 0 Å². The monoisotopic (exact) mass is 633 g/mol. The van der Waals surface area contributed by atoms with Gasteiger partial charge in [0.05, 0.1) is 0 Å². The third-order valence-corrected chi connectivity index (χ3v) is 7.90. The molecule has 0 heterocycles. The Kier molecular flexibility index (Phi) is 24.3. The van der Waals surface area contributed by atoms with Crippen molar-refractivity contribution in [3.05, 3.63) is 166 Å². The van der Waals surface area contributed by atoms with Crippen molar-refractivity contribution in [2.24, 2.45) is 0 Å². The highest BCUT2D eigenvalue weighted by Crippen LogP contribution is 2.39. The van der Waals surface area contributed by atoms with Crippen LogP contribution in [0.2, 0.25) is 0 Å². The van der Waals surface area contributed by atoms with E-state index in [-0.39, 0.29) is 12.8 Å². The Hall–Kier alpha value is -3.90. The maximum absolute atomic E-state index is 2.34. The second-order valence-corrected chi connectivity index (χ2v) is 11.6. The van der Waals surface area contributed by atoms with Gasteiger partial charge in [-0.2, -0.15) is 0 Å². The average molecular weight is 633 g/mol. The molecule has 0 radical (unpaired) electrons. The Balaban J connectivity index is 0. The third-order valence-electron chi connectivity index (χ3n) is 7.90. The van der Waals surface area contributed by atoms with Crippen molar-refractivity contribution in [2.45, 2.75) is 116 Å². The minimum atomic E-state index is 0. The van der Waals surface area contributed by atoms with E-state index >= 15 is 0 Å². The summed E-state index contributed by atoms with van der Waals surface area (Å²) in [6, 6.07) is 32.3. The van der Waals surface area contributed by atoms with Crippen LogP contribution in [0.4, 0.5) is 0 Å². The molecule has 47 heavy (non-hydrogen) atoms. The van der Waals surface area contributed by atoms with Crippen molar-refractivity contribution in [3.8, 4) is 11.1 Å². The highest BCUT2D eigenvalue weighted by molar-refractivity contribution is 5.70. The second kappa shape index (κ2) is 25.2. The van der Waals surface area contributed by atoms with Crippen LogP contribution in [0.5, 0.6) is 0 Å². The molecule has 0 fully saturated rings. The summed E-state index contributed by atoms with van der Waals surface area (Å²) in [6.07, 6.45) is 11.8. The molecule has 0 saturated carbocycles. The molecule has 0 nitrogen and oxygen atoms in total. The van der Waals surface area contributed by atoms with Crippen LogP contribution in [0.3, 0.4) is 0 Å². The predicted octanol–water partition coefficient (Wildman–Crippen LogP) is 15.0. The highest BCUT2D eigenvalue weighted by Gasteiger charge is 2.29. The Morgan fingerprint density at radius 2 is 0.894 bits per heavy atom. The van der Waals surface area contributed by atoms with Crippen LogP contribution < -0.4 is 0 Å². The fourth-order valence-electron chi connectivity index (χ4n) is 5.33.